The molecule has 0 aliphatic carbocycles. The second kappa shape index (κ2) is 30.6. The molecule has 11 rings (SSSR count). The summed E-state index contributed by atoms with van der Waals surface area (Å²) in [5, 5.41) is 5.93. The van der Waals surface area contributed by atoms with Gasteiger partial charge in [-0.2, -0.15) is 0 Å². The first kappa shape index (κ1) is 68.8. The van der Waals surface area contributed by atoms with Gasteiger partial charge in [0.05, 0.1) is 0 Å². The van der Waals surface area contributed by atoms with E-state index in [1.165, 1.54) is 230 Å². The third-order valence-electron chi connectivity index (χ3n) is 19.3. The molecule has 0 saturated heterocycles. The van der Waals surface area contributed by atoms with Crippen LogP contribution in [0.4, 0.5) is 0 Å². The fourth-order valence-electron chi connectivity index (χ4n) is 13.7. The second-order valence-corrected chi connectivity index (χ2v) is 68.9. The maximum absolute atomic E-state index is 2.71. The number of unbranched alkanes of at least 4 members (excludes halogenated alkanes) is 2. The first-order valence-electron chi connectivity index (χ1n) is 34.5. The molecule has 0 bridgehead atoms. The van der Waals surface area contributed by atoms with Crippen molar-refractivity contribution >= 4 is 185 Å². The minimum atomic E-state index is -2.51. The van der Waals surface area contributed by atoms with Gasteiger partial charge in [0.15, 0.2) is 0 Å². The molecular weight excluding hydrogens is 1460 g/mol. The number of hydrogen-bond donors (Lipinski definition) is 0. The fourth-order valence-corrected chi connectivity index (χ4v) is 35.0. The van der Waals surface area contributed by atoms with Gasteiger partial charge in [-0.25, -0.2) is 0 Å². The van der Waals surface area contributed by atoms with Crippen LogP contribution in [0, 0.1) is 23.7 Å². The SMILES string of the molecule is CCCCC(CC)Cc1ccc(-c2c3c[c]([Sn]([CH3])([CH3])[CH3])sc3c(-c3ccc(CCC(CC)CCC)s3)c3cc(-c4ccc(-c5cc6c(-c7ccc(CC(CC)CCCC)s7)c7s[c]([Sn]([CH3])([CH3])[CH3])cc7c(-c7ccc(CCC(CC)CCC)s7)c6s5)s4)sc23)s1. The molecule has 0 aliphatic heterocycles. The van der Waals surface area contributed by atoms with Crippen molar-refractivity contribution in [3.8, 4) is 61.3 Å². The van der Waals surface area contributed by atoms with Gasteiger partial charge in [0.1, 0.15) is 0 Å². The summed E-state index contributed by atoms with van der Waals surface area (Å²) < 4.78 is 9.38. The van der Waals surface area contributed by atoms with Gasteiger partial charge in [-0.3, -0.25) is 0 Å². The zero-order valence-electron chi connectivity index (χ0n) is 56.2. The molecule has 4 unspecified atom stereocenters. The summed E-state index contributed by atoms with van der Waals surface area (Å²) >= 11 is 13.9. The van der Waals surface area contributed by atoms with E-state index in [4.69, 9.17) is 0 Å². The van der Waals surface area contributed by atoms with E-state index in [0.29, 0.717) is 0 Å². The average molecular weight is 1560 g/mol. The van der Waals surface area contributed by atoms with Gasteiger partial charge in [-0.05, 0) is 0 Å². The summed E-state index contributed by atoms with van der Waals surface area (Å²) in [5.41, 5.74) is 5.99. The van der Waals surface area contributed by atoms with E-state index in [1.54, 1.807) is 25.3 Å². The molecule has 0 spiro atoms. The van der Waals surface area contributed by atoms with Crippen molar-refractivity contribution in [1.82, 2.24) is 0 Å². The third kappa shape index (κ3) is 15.5. The van der Waals surface area contributed by atoms with Gasteiger partial charge in [-0.1, -0.05) is 27.7 Å². The number of benzene rings is 2. The predicted molar refractivity (Wildman–Crippen MR) is 424 cm³/mol. The van der Waals surface area contributed by atoms with Crippen LogP contribution in [0.2, 0.25) is 29.6 Å². The van der Waals surface area contributed by atoms with Crippen LogP contribution in [0.1, 0.15) is 178 Å². The van der Waals surface area contributed by atoms with Crippen LogP contribution in [0.3, 0.4) is 0 Å². The Balaban J connectivity index is 1.08. The van der Waals surface area contributed by atoms with Gasteiger partial charge < -0.3 is 0 Å². The van der Waals surface area contributed by atoms with E-state index in [2.05, 4.69) is 261 Å². The molecule has 0 saturated carbocycles. The van der Waals surface area contributed by atoms with Gasteiger partial charge >= 0.3 is 560 Å². The standard InChI is InChI=1S/C72H82S9.6CH3.2Sn/c1-9-17-21-47(15-7)41-51-29-33-60(77-51)66-54-38-40-73-69(54)67(61-32-28-50(76-61)26-24-46(14-6)20-12-4)55-43-63(81-72(55)66)57-35-36-58(79-57)64-44-56-68(62-34-30-52(78-62)42-48(16-8)22-18-10-2)70-53(37-39-74-70)65(71(56)80-64)59-31-27-49(75-59)25-23-45(13-5)19-11-3;;;;;;;;/h27-38,43-48H,9-26,41-42H2,1-8H3;6*1H3;;. The average Bonchev–Trinajstić information content (AvgIpc) is 1.60. The Kier molecular flexibility index (Phi) is 23.7. The van der Waals surface area contributed by atoms with Crippen molar-refractivity contribution in [2.45, 2.75) is 213 Å². The van der Waals surface area contributed by atoms with Crippen LogP contribution in [0.5, 0.6) is 0 Å². The number of fused-ring (bicyclic) bond motifs is 4. The van der Waals surface area contributed by atoms with Gasteiger partial charge in [0, 0.05) is 0 Å². The monoisotopic (exact) mass is 1560 g/mol. The van der Waals surface area contributed by atoms with E-state index in [-0.39, 0.29) is 0 Å². The van der Waals surface area contributed by atoms with Crippen molar-refractivity contribution in [1.29, 1.82) is 0 Å². The molecule has 0 fully saturated rings. The quantitative estimate of drug-likeness (QED) is 0.0369. The molecule has 9 heterocycles. The Morgan fingerprint density at radius 3 is 0.955 bits per heavy atom. The molecule has 11 aromatic rings. The number of hydrogen-bond acceptors (Lipinski definition) is 9. The summed E-state index contributed by atoms with van der Waals surface area (Å²) in [6.45, 7) is 19.0. The van der Waals surface area contributed by atoms with Crippen LogP contribution in [0.15, 0.2) is 84.9 Å². The summed E-state index contributed by atoms with van der Waals surface area (Å²) in [7, 11) is 0. The molecule has 0 aliphatic rings. The summed E-state index contributed by atoms with van der Waals surface area (Å²) in [5.74, 6) is 3.12. The maximum atomic E-state index is 2.71. The fraction of sp³-hybridized carbons (Fsp3) is 0.487. The Morgan fingerprint density at radius 1 is 0.292 bits per heavy atom. The predicted octanol–water partition coefficient (Wildman–Crippen LogP) is 29.0. The van der Waals surface area contributed by atoms with Crippen molar-refractivity contribution in [3.05, 3.63) is 104 Å². The molecular formula is C78H100S9Sn2. The van der Waals surface area contributed by atoms with Crippen molar-refractivity contribution in [2.75, 3.05) is 0 Å². The van der Waals surface area contributed by atoms with Crippen molar-refractivity contribution < 1.29 is 0 Å². The van der Waals surface area contributed by atoms with Gasteiger partial charge in [0.2, 0.25) is 0 Å². The van der Waals surface area contributed by atoms with E-state index in [1.807, 2.05) is 11.3 Å². The summed E-state index contributed by atoms with van der Waals surface area (Å²) in [6.07, 6.45) is 25.5. The second-order valence-electron chi connectivity index (χ2n) is 28.1. The number of rotatable bonds is 32. The van der Waals surface area contributed by atoms with Crippen LogP contribution in [-0.2, 0) is 25.7 Å². The van der Waals surface area contributed by atoms with Crippen LogP contribution < -0.4 is 5.79 Å². The molecule has 2 aromatic carbocycles. The van der Waals surface area contributed by atoms with E-state index >= 15 is 0 Å². The van der Waals surface area contributed by atoms with Crippen molar-refractivity contribution in [3.63, 3.8) is 0 Å². The van der Waals surface area contributed by atoms with Crippen LogP contribution in [0.25, 0.3) is 102 Å². The van der Waals surface area contributed by atoms with Gasteiger partial charge in [0.25, 0.3) is 0 Å². The summed E-state index contributed by atoms with van der Waals surface area (Å²) in [6, 6.07) is 35.7. The topological polar surface area (TPSA) is 0 Å². The van der Waals surface area contributed by atoms with E-state index in [9.17, 15) is 0 Å². The number of aryl methyl sites for hydroxylation is 2. The van der Waals surface area contributed by atoms with E-state index in [0.717, 1.165) is 23.7 Å². The summed E-state index contributed by atoms with van der Waals surface area (Å²) in [4.78, 5) is 33.4. The molecule has 0 amide bonds. The zero-order chi connectivity index (χ0) is 62.7. The molecule has 0 radical (unpaired) electrons. The Hall–Kier alpha value is -1.62. The van der Waals surface area contributed by atoms with Crippen LogP contribution >= 0.6 is 102 Å². The van der Waals surface area contributed by atoms with Crippen LogP contribution in [-0.4, -0.2) is 36.8 Å². The van der Waals surface area contributed by atoms with Crippen molar-refractivity contribution in [2.24, 2.45) is 23.7 Å². The normalized spacial score (nSPS) is 14.0. The molecule has 474 valence electrons. The first-order chi connectivity index (χ1) is 43.0. The first-order valence-corrected chi connectivity index (χ1v) is 61.8. The molecule has 0 nitrogen and oxygen atoms in total. The zero-order valence-corrected chi connectivity index (χ0v) is 69.3. The minimum absolute atomic E-state index is 0.750. The van der Waals surface area contributed by atoms with E-state index < -0.39 is 36.8 Å². The molecule has 4 atom stereocenters. The molecule has 9 aromatic heterocycles. The number of thiophene rings is 9. The Morgan fingerprint density at radius 2 is 0.618 bits per heavy atom. The molecule has 89 heavy (non-hydrogen) atoms. The molecule has 0 N–H and O–H groups in total. The molecule has 11 heteroatoms. The third-order valence-corrected chi connectivity index (χ3v) is 48.8. The van der Waals surface area contributed by atoms with Gasteiger partial charge in [-0.15, -0.1) is 0 Å². The Labute approximate surface area is 580 Å². The Bertz CT molecular complexity index is 3850.